The summed E-state index contributed by atoms with van der Waals surface area (Å²) in [6.45, 7) is 6.16. The second-order valence-corrected chi connectivity index (χ2v) is 7.68. The maximum absolute atomic E-state index is 11.7. The summed E-state index contributed by atoms with van der Waals surface area (Å²) in [7, 11) is 0. The molecule has 1 amide bonds. The number of nitrogens with one attached hydrogen (secondary N) is 1. The second-order valence-electron chi connectivity index (χ2n) is 6.82. The SMILES string of the molecule is CC(C)(C)OC(=O)N=C(N)c1ccc(NCCc2ccccc2Br)cc1. The van der Waals surface area contributed by atoms with Gasteiger partial charge in [-0.05, 0) is 63.1 Å². The predicted molar refractivity (Wildman–Crippen MR) is 110 cm³/mol. The summed E-state index contributed by atoms with van der Waals surface area (Å²) in [5, 5.41) is 3.37. The number of nitrogens with two attached hydrogens (primary N) is 1. The smallest absolute Gasteiger partial charge is 0.436 e. The molecule has 0 saturated heterocycles. The summed E-state index contributed by atoms with van der Waals surface area (Å²) in [5.74, 6) is 0.138. The zero-order valence-electron chi connectivity index (χ0n) is 15.3. The van der Waals surface area contributed by atoms with Crippen LogP contribution in [0.15, 0.2) is 58.0 Å². The third kappa shape index (κ3) is 6.52. The van der Waals surface area contributed by atoms with Crippen LogP contribution in [0, 0.1) is 0 Å². The van der Waals surface area contributed by atoms with Crippen molar-refractivity contribution in [3.63, 3.8) is 0 Å². The van der Waals surface area contributed by atoms with Crippen molar-refractivity contribution in [2.45, 2.75) is 32.8 Å². The molecule has 5 nitrogen and oxygen atoms in total. The Hall–Kier alpha value is -2.34. The van der Waals surface area contributed by atoms with Crippen LogP contribution < -0.4 is 11.1 Å². The number of halogens is 1. The van der Waals surface area contributed by atoms with Gasteiger partial charge in [-0.15, -0.1) is 0 Å². The Kier molecular flexibility index (Phi) is 6.80. The summed E-state index contributed by atoms with van der Waals surface area (Å²) >= 11 is 3.55. The lowest BCUT2D eigenvalue weighted by molar-refractivity contribution is 0.0604. The third-order valence-corrected chi connectivity index (χ3v) is 4.24. The first-order valence-electron chi connectivity index (χ1n) is 8.39. The van der Waals surface area contributed by atoms with Crippen molar-refractivity contribution < 1.29 is 9.53 Å². The van der Waals surface area contributed by atoms with Crippen LogP contribution in [0.4, 0.5) is 10.5 Å². The summed E-state index contributed by atoms with van der Waals surface area (Å²) in [5.41, 5.74) is 8.19. The number of anilines is 1. The largest absolute Gasteiger partial charge is 0.442 e. The van der Waals surface area contributed by atoms with Gasteiger partial charge in [0.05, 0.1) is 0 Å². The monoisotopic (exact) mass is 417 g/mol. The number of amidine groups is 1. The minimum absolute atomic E-state index is 0.138. The molecule has 26 heavy (non-hydrogen) atoms. The van der Waals surface area contributed by atoms with Crippen molar-refractivity contribution in [1.82, 2.24) is 0 Å². The highest BCUT2D eigenvalue weighted by Crippen LogP contribution is 2.17. The van der Waals surface area contributed by atoms with E-state index in [4.69, 9.17) is 10.5 Å². The molecule has 3 N–H and O–H groups in total. The Balaban J connectivity index is 1.91. The van der Waals surface area contributed by atoms with E-state index in [1.165, 1.54) is 5.56 Å². The van der Waals surface area contributed by atoms with Crippen LogP contribution in [-0.4, -0.2) is 24.1 Å². The van der Waals surface area contributed by atoms with Crippen molar-refractivity contribution in [3.8, 4) is 0 Å². The Labute approximate surface area is 162 Å². The summed E-state index contributed by atoms with van der Waals surface area (Å²) < 4.78 is 6.25. The number of nitrogens with zero attached hydrogens (tertiary/aromatic N) is 1. The van der Waals surface area contributed by atoms with Crippen molar-refractivity contribution >= 4 is 33.5 Å². The van der Waals surface area contributed by atoms with Crippen LogP contribution in [0.1, 0.15) is 31.9 Å². The number of carbonyl (C=O) groups excluding carboxylic acids is 1. The van der Waals surface area contributed by atoms with Gasteiger partial charge < -0.3 is 15.8 Å². The Morgan fingerprint density at radius 1 is 1.15 bits per heavy atom. The van der Waals surface area contributed by atoms with Gasteiger partial charge >= 0.3 is 6.09 Å². The third-order valence-electron chi connectivity index (χ3n) is 3.47. The van der Waals surface area contributed by atoms with E-state index in [0.717, 1.165) is 23.1 Å². The molecular formula is C20H24BrN3O2. The molecule has 2 rings (SSSR count). The van der Waals surface area contributed by atoms with Crippen LogP contribution in [0.5, 0.6) is 0 Å². The molecule has 0 heterocycles. The van der Waals surface area contributed by atoms with Gasteiger partial charge in [0, 0.05) is 22.3 Å². The first kappa shape index (κ1) is 20.0. The Morgan fingerprint density at radius 2 is 1.81 bits per heavy atom. The molecule has 0 radical (unpaired) electrons. The van der Waals surface area contributed by atoms with E-state index in [9.17, 15) is 4.79 Å². The average molecular weight is 418 g/mol. The fourth-order valence-corrected chi connectivity index (χ4v) is 2.73. The molecule has 0 fully saturated rings. The van der Waals surface area contributed by atoms with Gasteiger partial charge in [0.1, 0.15) is 11.4 Å². The molecular weight excluding hydrogens is 394 g/mol. The predicted octanol–water partition coefficient (Wildman–Crippen LogP) is 4.74. The maximum atomic E-state index is 11.7. The van der Waals surface area contributed by atoms with Gasteiger partial charge in [-0.3, -0.25) is 0 Å². The molecule has 0 bridgehead atoms. The zero-order valence-corrected chi connectivity index (χ0v) is 16.8. The highest BCUT2D eigenvalue weighted by molar-refractivity contribution is 9.10. The second kappa shape index (κ2) is 8.85. The van der Waals surface area contributed by atoms with Crippen LogP contribution in [0.2, 0.25) is 0 Å². The number of aliphatic imine (C=N–C) groups is 1. The number of ether oxygens (including phenoxy) is 1. The highest BCUT2D eigenvalue weighted by Gasteiger charge is 2.16. The van der Waals surface area contributed by atoms with Crippen molar-refractivity contribution in [1.29, 1.82) is 0 Å². The standard InChI is InChI=1S/C20H24BrN3O2/c1-20(2,3)26-19(25)24-18(22)15-8-10-16(11-9-15)23-13-12-14-6-4-5-7-17(14)21/h4-11,23H,12-13H2,1-3H3,(H2,22,24,25). The minimum Gasteiger partial charge on any atom is -0.442 e. The van der Waals surface area contributed by atoms with E-state index in [1.54, 1.807) is 20.8 Å². The molecule has 2 aromatic rings. The number of benzene rings is 2. The maximum Gasteiger partial charge on any atom is 0.436 e. The molecule has 0 aliphatic heterocycles. The van der Waals surface area contributed by atoms with Gasteiger partial charge in [-0.25, -0.2) is 4.79 Å². The lowest BCUT2D eigenvalue weighted by Crippen LogP contribution is -2.24. The van der Waals surface area contributed by atoms with Crippen molar-refractivity contribution in [3.05, 3.63) is 64.1 Å². The molecule has 2 aromatic carbocycles. The summed E-state index contributed by atoms with van der Waals surface area (Å²) in [6, 6.07) is 15.6. The number of amides is 1. The van der Waals surface area contributed by atoms with Gasteiger partial charge in [-0.2, -0.15) is 4.99 Å². The highest BCUT2D eigenvalue weighted by atomic mass is 79.9. The molecule has 0 atom stereocenters. The van der Waals surface area contributed by atoms with E-state index < -0.39 is 11.7 Å². The molecule has 0 aliphatic rings. The molecule has 0 aromatic heterocycles. The molecule has 0 aliphatic carbocycles. The fourth-order valence-electron chi connectivity index (χ4n) is 2.25. The van der Waals surface area contributed by atoms with Crippen LogP contribution >= 0.6 is 15.9 Å². The van der Waals surface area contributed by atoms with Gasteiger partial charge in [-0.1, -0.05) is 34.1 Å². The van der Waals surface area contributed by atoms with E-state index in [-0.39, 0.29) is 5.84 Å². The molecule has 138 valence electrons. The van der Waals surface area contributed by atoms with Crippen LogP contribution in [0.25, 0.3) is 0 Å². The number of hydrogen-bond acceptors (Lipinski definition) is 3. The lowest BCUT2D eigenvalue weighted by atomic mass is 10.1. The first-order chi connectivity index (χ1) is 12.2. The van der Waals surface area contributed by atoms with Crippen LogP contribution in [0.3, 0.4) is 0 Å². The van der Waals surface area contributed by atoms with E-state index in [1.807, 2.05) is 42.5 Å². The number of rotatable bonds is 5. The molecule has 0 saturated carbocycles. The normalized spacial score (nSPS) is 11.9. The molecule has 0 unspecified atom stereocenters. The zero-order chi connectivity index (χ0) is 19.2. The Bertz CT molecular complexity index is 780. The van der Waals surface area contributed by atoms with Crippen molar-refractivity contribution in [2.24, 2.45) is 10.7 Å². The quantitative estimate of drug-likeness (QED) is 0.543. The Morgan fingerprint density at radius 3 is 2.42 bits per heavy atom. The lowest BCUT2D eigenvalue weighted by Gasteiger charge is -2.17. The van der Waals surface area contributed by atoms with E-state index >= 15 is 0 Å². The fraction of sp³-hybridized carbons (Fsp3) is 0.300. The number of carbonyl (C=O) groups is 1. The average Bonchev–Trinajstić information content (AvgIpc) is 2.55. The minimum atomic E-state index is -0.689. The number of hydrogen-bond donors (Lipinski definition) is 2. The van der Waals surface area contributed by atoms with Gasteiger partial charge in [0.15, 0.2) is 0 Å². The first-order valence-corrected chi connectivity index (χ1v) is 9.19. The molecule has 6 heteroatoms. The molecule has 0 spiro atoms. The van der Waals surface area contributed by atoms with Gasteiger partial charge in [0.2, 0.25) is 0 Å². The van der Waals surface area contributed by atoms with Gasteiger partial charge in [0.25, 0.3) is 0 Å². The summed E-state index contributed by atoms with van der Waals surface area (Å²) in [6.07, 6.45) is 0.219. The van der Waals surface area contributed by atoms with Crippen molar-refractivity contribution in [2.75, 3.05) is 11.9 Å². The van der Waals surface area contributed by atoms with Crippen LogP contribution in [-0.2, 0) is 11.2 Å². The topological polar surface area (TPSA) is 76.7 Å². The summed E-state index contributed by atoms with van der Waals surface area (Å²) in [4.78, 5) is 15.5. The van der Waals surface area contributed by atoms with E-state index in [2.05, 4.69) is 32.3 Å². The van der Waals surface area contributed by atoms with E-state index in [0.29, 0.717) is 5.56 Å².